The summed E-state index contributed by atoms with van der Waals surface area (Å²) in [5.41, 5.74) is 1.73. The summed E-state index contributed by atoms with van der Waals surface area (Å²) in [6.45, 7) is 2.00. The lowest BCUT2D eigenvalue weighted by atomic mass is 10.1. The van der Waals surface area contributed by atoms with Crippen LogP contribution in [0.1, 0.15) is 24.1 Å². The van der Waals surface area contributed by atoms with Crippen molar-refractivity contribution >= 4 is 0 Å². The van der Waals surface area contributed by atoms with Crippen molar-refractivity contribution in [1.82, 2.24) is 10.3 Å². The van der Waals surface area contributed by atoms with E-state index in [0.29, 0.717) is 17.4 Å². The molecule has 5 heteroatoms. The molecule has 0 amide bonds. The van der Waals surface area contributed by atoms with Crippen LogP contribution in [0.15, 0.2) is 36.5 Å². The van der Waals surface area contributed by atoms with Crippen LogP contribution >= 0.6 is 0 Å². The summed E-state index contributed by atoms with van der Waals surface area (Å²) in [6, 6.07) is 9.28. The van der Waals surface area contributed by atoms with Crippen molar-refractivity contribution in [3.05, 3.63) is 47.7 Å². The minimum atomic E-state index is -0.0394. The highest BCUT2D eigenvalue weighted by atomic mass is 16.5. The number of aliphatic hydroxyl groups excluding tert-OH is 1. The summed E-state index contributed by atoms with van der Waals surface area (Å²) in [4.78, 5) is 4.29. The number of rotatable bonds is 6. The Kier molecular flexibility index (Phi) is 5.14. The SMILES string of the molecule is CNC(C)c1cccnc1Oc1ccc(CO)cc1OC. The molecule has 112 valence electrons. The van der Waals surface area contributed by atoms with Gasteiger partial charge in [-0.1, -0.05) is 12.1 Å². The fourth-order valence-electron chi connectivity index (χ4n) is 1.97. The Hall–Kier alpha value is -2.11. The lowest BCUT2D eigenvalue weighted by Gasteiger charge is -2.16. The molecule has 0 radical (unpaired) electrons. The van der Waals surface area contributed by atoms with E-state index in [1.165, 1.54) is 0 Å². The minimum Gasteiger partial charge on any atom is -0.493 e. The molecule has 0 aliphatic heterocycles. The molecule has 0 saturated heterocycles. The van der Waals surface area contributed by atoms with Crippen LogP contribution in [0.2, 0.25) is 0 Å². The zero-order valence-electron chi connectivity index (χ0n) is 12.5. The lowest BCUT2D eigenvalue weighted by molar-refractivity contribution is 0.280. The van der Waals surface area contributed by atoms with Crippen LogP contribution in [-0.2, 0) is 6.61 Å². The van der Waals surface area contributed by atoms with Gasteiger partial charge in [0.2, 0.25) is 5.88 Å². The van der Waals surface area contributed by atoms with Gasteiger partial charge in [-0.3, -0.25) is 0 Å². The van der Waals surface area contributed by atoms with E-state index in [1.54, 1.807) is 31.5 Å². The van der Waals surface area contributed by atoms with E-state index in [1.807, 2.05) is 26.1 Å². The zero-order valence-corrected chi connectivity index (χ0v) is 12.5. The van der Waals surface area contributed by atoms with Crippen LogP contribution < -0.4 is 14.8 Å². The van der Waals surface area contributed by atoms with Crippen molar-refractivity contribution in [3.8, 4) is 17.4 Å². The number of hydrogen-bond donors (Lipinski definition) is 2. The van der Waals surface area contributed by atoms with Crippen molar-refractivity contribution < 1.29 is 14.6 Å². The number of hydrogen-bond acceptors (Lipinski definition) is 5. The van der Waals surface area contributed by atoms with Crippen molar-refractivity contribution in [1.29, 1.82) is 0 Å². The maximum atomic E-state index is 9.17. The van der Waals surface area contributed by atoms with Gasteiger partial charge in [0.05, 0.1) is 13.7 Å². The van der Waals surface area contributed by atoms with Gasteiger partial charge in [-0.15, -0.1) is 0 Å². The van der Waals surface area contributed by atoms with Gasteiger partial charge >= 0.3 is 0 Å². The molecule has 0 bridgehead atoms. The summed E-state index contributed by atoms with van der Waals surface area (Å²) in [5, 5.41) is 12.3. The maximum absolute atomic E-state index is 9.17. The molecule has 1 heterocycles. The first kappa shape index (κ1) is 15.3. The second kappa shape index (κ2) is 7.06. The van der Waals surface area contributed by atoms with Crippen LogP contribution in [0, 0.1) is 0 Å². The number of pyridine rings is 1. The maximum Gasteiger partial charge on any atom is 0.224 e. The Morgan fingerprint density at radius 1 is 1.29 bits per heavy atom. The van der Waals surface area contributed by atoms with E-state index in [-0.39, 0.29) is 12.6 Å². The van der Waals surface area contributed by atoms with Crippen LogP contribution in [-0.4, -0.2) is 24.2 Å². The quantitative estimate of drug-likeness (QED) is 0.855. The van der Waals surface area contributed by atoms with E-state index in [0.717, 1.165) is 11.1 Å². The monoisotopic (exact) mass is 288 g/mol. The molecule has 2 N–H and O–H groups in total. The molecule has 2 rings (SSSR count). The normalized spacial score (nSPS) is 12.0. The van der Waals surface area contributed by atoms with Gasteiger partial charge in [0.25, 0.3) is 0 Å². The minimum absolute atomic E-state index is 0.0394. The summed E-state index contributed by atoms with van der Waals surface area (Å²) in [7, 11) is 3.46. The van der Waals surface area contributed by atoms with Crippen LogP contribution in [0.3, 0.4) is 0 Å². The molecule has 1 atom stereocenters. The molecular formula is C16H20N2O3. The van der Waals surface area contributed by atoms with Gasteiger partial charge < -0.3 is 19.9 Å². The third-order valence-corrected chi connectivity index (χ3v) is 3.32. The van der Waals surface area contributed by atoms with Gasteiger partial charge in [0, 0.05) is 17.8 Å². The Bertz CT molecular complexity index is 602. The predicted octanol–water partition coefficient (Wildman–Crippen LogP) is 2.66. The Labute approximate surface area is 124 Å². The number of aromatic nitrogens is 1. The van der Waals surface area contributed by atoms with Gasteiger partial charge in [-0.05, 0) is 37.7 Å². The fraction of sp³-hybridized carbons (Fsp3) is 0.312. The van der Waals surface area contributed by atoms with E-state index >= 15 is 0 Å². The zero-order chi connectivity index (χ0) is 15.2. The Morgan fingerprint density at radius 3 is 2.76 bits per heavy atom. The third-order valence-electron chi connectivity index (χ3n) is 3.32. The smallest absolute Gasteiger partial charge is 0.224 e. The van der Waals surface area contributed by atoms with Crippen LogP contribution in [0.4, 0.5) is 0 Å². The van der Waals surface area contributed by atoms with Crippen molar-refractivity contribution in [2.75, 3.05) is 14.2 Å². The van der Waals surface area contributed by atoms with E-state index in [4.69, 9.17) is 9.47 Å². The first-order valence-corrected chi connectivity index (χ1v) is 6.77. The summed E-state index contributed by atoms with van der Waals surface area (Å²) in [5.74, 6) is 1.67. The van der Waals surface area contributed by atoms with Crippen molar-refractivity contribution in [2.45, 2.75) is 19.6 Å². The van der Waals surface area contributed by atoms with E-state index < -0.39 is 0 Å². The highest BCUT2D eigenvalue weighted by Gasteiger charge is 2.14. The first-order chi connectivity index (χ1) is 10.2. The molecule has 0 aliphatic carbocycles. The molecule has 21 heavy (non-hydrogen) atoms. The number of nitrogens with one attached hydrogen (secondary N) is 1. The second-order valence-electron chi connectivity index (χ2n) is 4.65. The number of benzene rings is 1. The van der Waals surface area contributed by atoms with Crippen LogP contribution in [0.5, 0.6) is 17.4 Å². The summed E-state index contributed by atoms with van der Waals surface area (Å²) >= 11 is 0. The Balaban J connectivity index is 2.34. The molecule has 1 unspecified atom stereocenters. The highest BCUT2D eigenvalue weighted by molar-refractivity contribution is 5.45. The van der Waals surface area contributed by atoms with Crippen molar-refractivity contribution in [3.63, 3.8) is 0 Å². The van der Waals surface area contributed by atoms with Crippen molar-refractivity contribution in [2.24, 2.45) is 0 Å². The summed E-state index contributed by atoms with van der Waals surface area (Å²) < 4.78 is 11.2. The van der Waals surface area contributed by atoms with E-state index in [2.05, 4.69) is 10.3 Å². The average Bonchev–Trinajstić information content (AvgIpc) is 2.55. The van der Waals surface area contributed by atoms with Gasteiger partial charge in [0.1, 0.15) is 0 Å². The molecule has 5 nitrogen and oxygen atoms in total. The standard InChI is InChI=1S/C16H20N2O3/c1-11(17-2)13-5-4-8-18-16(13)21-14-7-6-12(10-19)9-15(14)20-3/h4-9,11,17,19H,10H2,1-3H3. The molecule has 0 fully saturated rings. The largest absolute Gasteiger partial charge is 0.493 e. The number of nitrogens with zero attached hydrogens (tertiary/aromatic N) is 1. The predicted molar refractivity (Wildman–Crippen MR) is 80.7 cm³/mol. The lowest BCUT2D eigenvalue weighted by Crippen LogP contribution is -2.13. The number of ether oxygens (including phenoxy) is 2. The average molecular weight is 288 g/mol. The fourth-order valence-corrected chi connectivity index (χ4v) is 1.97. The topological polar surface area (TPSA) is 63.6 Å². The third kappa shape index (κ3) is 3.51. The Morgan fingerprint density at radius 2 is 2.10 bits per heavy atom. The van der Waals surface area contributed by atoms with Crippen LogP contribution in [0.25, 0.3) is 0 Å². The molecule has 1 aromatic carbocycles. The summed E-state index contributed by atoms with van der Waals surface area (Å²) in [6.07, 6.45) is 1.69. The highest BCUT2D eigenvalue weighted by Crippen LogP contribution is 2.34. The molecule has 1 aromatic heterocycles. The number of aliphatic hydroxyl groups is 1. The molecule has 0 saturated carbocycles. The molecule has 0 spiro atoms. The van der Waals surface area contributed by atoms with Gasteiger partial charge in [-0.25, -0.2) is 4.98 Å². The van der Waals surface area contributed by atoms with Gasteiger partial charge in [-0.2, -0.15) is 0 Å². The first-order valence-electron chi connectivity index (χ1n) is 6.77. The van der Waals surface area contributed by atoms with Gasteiger partial charge in [0.15, 0.2) is 11.5 Å². The molecular weight excluding hydrogens is 268 g/mol. The van der Waals surface area contributed by atoms with E-state index in [9.17, 15) is 5.11 Å². The second-order valence-corrected chi connectivity index (χ2v) is 4.65. The molecule has 0 aliphatic rings. The molecule has 2 aromatic rings. The number of methoxy groups -OCH3 is 1.